The third-order valence-electron chi connectivity index (χ3n) is 3.06. The number of nitrogens with zero attached hydrogens (tertiary/aromatic N) is 1. The first kappa shape index (κ1) is 9.66. The molecule has 1 heterocycles. The van der Waals surface area contributed by atoms with E-state index >= 15 is 0 Å². The highest BCUT2D eigenvalue weighted by Gasteiger charge is 2.23. The van der Waals surface area contributed by atoms with Crippen LogP contribution in [0.15, 0.2) is 17.7 Å². The Morgan fingerprint density at radius 2 is 2.00 bits per heavy atom. The average molecular weight is 205 g/mol. The number of aromatic nitrogens is 1. The molecule has 2 rings (SSSR count). The van der Waals surface area contributed by atoms with E-state index in [2.05, 4.69) is 50.1 Å². The van der Waals surface area contributed by atoms with Crippen molar-refractivity contribution in [2.75, 3.05) is 0 Å². The monoisotopic (exact) mass is 205 g/mol. The molecule has 74 valence electrons. The molecule has 0 saturated heterocycles. The average Bonchev–Trinajstić information content (AvgIpc) is 2.53. The first-order valence-corrected chi connectivity index (χ1v) is 5.82. The van der Waals surface area contributed by atoms with Crippen LogP contribution in [0.3, 0.4) is 0 Å². The molecule has 1 nitrogen and oxygen atoms in total. The Morgan fingerprint density at radius 3 is 2.71 bits per heavy atom. The van der Waals surface area contributed by atoms with E-state index in [1.165, 1.54) is 4.88 Å². The molecule has 14 heavy (non-hydrogen) atoms. The maximum absolute atomic E-state index is 4.32. The molecule has 0 radical (unpaired) electrons. The van der Waals surface area contributed by atoms with Crippen LogP contribution in [0.4, 0.5) is 0 Å². The molecule has 1 aliphatic rings. The van der Waals surface area contributed by atoms with Crippen molar-refractivity contribution >= 4 is 23.5 Å². The molecular weight excluding hydrogens is 190 g/mol. The van der Waals surface area contributed by atoms with Gasteiger partial charge in [-0.05, 0) is 18.1 Å². The predicted octanol–water partition coefficient (Wildman–Crippen LogP) is 3.85. The predicted molar refractivity (Wildman–Crippen MR) is 63.1 cm³/mol. The normalized spacial score (nSPS) is 25.1. The molecule has 0 aromatic carbocycles. The van der Waals surface area contributed by atoms with Crippen LogP contribution in [0.1, 0.15) is 31.3 Å². The summed E-state index contributed by atoms with van der Waals surface area (Å²) in [5, 5.41) is 0. The Kier molecular flexibility index (Phi) is 2.31. The summed E-state index contributed by atoms with van der Waals surface area (Å²) in [5.74, 6) is 0.615. The van der Waals surface area contributed by atoms with Crippen molar-refractivity contribution in [3.63, 3.8) is 0 Å². The highest BCUT2D eigenvalue weighted by atomic mass is 32.1. The summed E-state index contributed by atoms with van der Waals surface area (Å²) in [5.41, 5.74) is 3.17. The van der Waals surface area contributed by atoms with Crippen molar-refractivity contribution in [3.05, 3.63) is 28.2 Å². The fraction of sp³-hybridized carbons (Fsp3) is 0.417. The Hall–Kier alpha value is -0.890. The van der Waals surface area contributed by atoms with Gasteiger partial charge >= 0.3 is 0 Å². The summed E-state index contributed by atoms with van der Waals surface area (Å²) in [4.78, 5) is 5.59. The highest BCUT2D eigenvalue weighted by Crippen LogP contribution is 2.35. The number of hydrogen-bond acceptors (Lipinski definition) is 2. The summed E-state index contributed by atoms with van der Waals surface area (Å²) < 4.78 is 0. The van der Waals surface area contributed by atoms with Crippen LogP contribution in [0.5, 0.6) is 0 Å². The lowest BCUT2D eigenvalue weighted by atomic mass is 9.79. The molecule has 0 spiro atoms. The van der Waals surface area contributed by atoms with Gasteiger partial charge in [-0.15, -0.1) is 11.3 Å². The van der Waals surface area contributed by atoms with E-state index in [1.54, 1.807) is 11.3 Å². The van der Waals surface area contributed by atoms with Crippen LogP contribution in [0.2, 0.25) is 0 Å². The molecule has 0 amide bonds. The molecule has 0 saturated carbocycles. The number of thiazole rings is 1. The van der Waals surface area contributed by atoms with Gasteiger partial charge in [0.2, 0.25) is 0 Å². The fourth-order valence-electron chi connectivity index (χ4n) is 1.47. The van der Waals surface area contributed by atoms with E-state index in [0.29, 0.717) is 5.92 Å². The van der Waals surface area contributed by atoms with Crippen molar-refractivity contribution in [2.24, 2.45) is 11.3 Å². The SMILES string of the molecule is CC(C)C1(C)C=Cc2ncsc2C=C1. The van der Waals surface area contributed by atoms with Gasteiger partial charge in [-0.25, -0.2) is 4.98 Å². The van der Waals surface area contributed by atoms with Crippen molar-refractivity contribution < 1.29 is 0 Å². The van der Waals surface area contributed by atoms with E-state index in [1.807, 2.05) is 5.51 Å². The zero-order valence-electron chi connectivity index (χ0n) is 8.82. The van der Waals surface area contributed by atoms with Crippen molar-refractivity contribution in [3.8, 4) is 0 Å². The van der Waals surface area contributed by atoms with Crippen LogP contribution in [-0.2, 0) is 0 Å². The second kappa shape index (κ2) is 3.35. The van der Waals surface area contributed by atoms with E-state index in [0.717, 1.165) is 5.69 Å². The van der Waals surface area contributed by atoms with Gasteiger partial charge in [0, 0.05) is 5.41 Å². The first-order valence-electron chi connectivity index (χ1n) is 4.94. The maximum Gasteiger partial charge on any atom is 0.0809 e. The maximum atomic E-state index is 4.32. The number of hydrogen-bond donors (Lipinski definition) is 0. The summed E-state index contributed by atoms with van der Waals surface area (Å²) in [6.45, 7) is 6.77. The Labute approximate surface area is 89.2 Å². The van der Waals surface area contributed by atoms with Crippen LogP contribution >= 0.6 is 11.3 Å². The van der Waals surface area contributed by atoms with Crippen molar-refractivity contribution in [1.29, 1.82) is 0 Å². The molecule has 0 bridgehead atoms. The van der Waals surface area contributed by atoms with Crippen LogP contribution < -0.4 is 0 Å². The number of rotatable bonds is 1. The molecule has 0 fully saturated rings. The van der Waals surface area contributed by atoms with Gasteiger partial charge in [-0.3, -0.25) is 0 Å². The summed E-state index contributed by atoms with van der Waals surface area (Å²) >= 11 is 1.70. The molecule has 0 aliphatic heterocycles. The van der Waals surface area contributed by atoms with E-state index in [4.69, 9.17) is 0 Å². The minimum Gasteiger partial charge on any atom is -0.245 e. The van der Waals surface area contributed by atoms with Crippen LogP contribution in [0, 0.1) is 11.3 Å². The van der Waals surface area contributed by atoms with Gasteiger partial charge in [0.15, 0.2) is 0 Å². The minimum absolute atomic E-state index is 0.167. The second-order valence-corrected chi connectivity index (χ2v) is 5.18. The molecule has 1 aromatic heterocycles. The summed E-state index contributed by atoms with van der Waals surface area (Å²) in [6, 6.07) is 0. The molecule has 1 atom stereocenters. The largest absolute Gasteiger partial charge is 0.245 e. The third-order valence-corrected chi connectivity index (χ3v) is 3.87. The Bertz CT molecular complexity index is 356. The van der Waals surface area contributed by atoms with Gasteiger partial charge < -0.3 is 0 Å². The highest BCUT2D eigenvalue weighted by molar-refractivity contribution is 7.10. The van der Waals surface area contributed by atoms with Gasteiger partial charge in [0.1, 0.15) is 0 Å². The zero-order chi connectivity index (χ0) is 10.2. The fourth-order valence-corrected chi connectivity index (χ4v) is 2.14. The van der Waals surface area contributed by atoms with E-state index in [-0.39, 0.29) is 5.41 Å². The van der Waals surface area contributed by atoms with Crippen molar-refractivity contribution in [1.82, 2.24) is 4.98 Å². The van der Waals surface area contributed by atoms with Crippen LogP contribution in [-0.4, -0.2) is 4.98 Å². The first-order chi connectivity index (χ1) is 6.62. The lowest BCUT2D eigenvalue weighted by Crippen LogP contribution is -2.16. The molecule has 2 heteroatoms. The topological polar surface area (TPSA) is 12.9 Å². The molecule has 1 aromatic rings. The van der Waals surface area contributed by atoms with Gasteiger partial charge in [0.05, 0.1) is 16.1 Å². The van der Waals surface area contributed by atoms with Gasteiger partial charge in [0.25, 0.3) is 0 Å². The lowest BCUT2D eigenvalue weighted by Gasteiger charge is -2.26. The van der Waals surface area contributed by atoms with Crippen molar-refractivity contribution in [2.45, 2.75) is 20.8 Å². The summed E-state index contributed by atoms with van der Waals surface area (Å²) in [7, 11) is 0. The molecule has 1 unspecified atom stereocenters. The molecular formula is C12H15NS. The summed E-state index contributed by atoms with van der Waals surface area (Å²) in [6.07, 6.45) is 8.90. The smallest absolute Gasteiger partial charge is 0.0809 e. The quantitative estimate of drug-likeness (QED) is 0.678. The molecule has 0 N–H and O–H groups in total. The number of fused-ring (bicyclic) bond motifs is 1. The lowest BCUT2D eigenvalue weighted by molar-refractivity contribution is 0.387. The van der Waals surface area contributed by atoms with E-state index < -0.39 is 0 Å². The second-order valence-electron chi connectivity index (χ2n) is 4.29. The Morgan fingerprint density at radius 1 is 1.29 bits per heavy atom. The zero-order valence-corrected chi connectivity index (χ0v) is 9.64. The third kappa shape index (κ3) is 1.55. The minimum atomic E-state index is 0.167. The number of allylic oxidation sites excluding steroid dienone is 2. The van der Waals surface area contributed by atoms with Gasteiger partial charge in [-0.2, -0.15) is 0 Å². The van der Waals surface area contributed by atoms with E-state index in [9.17, 15) is 0 Å². The Balaban J connectivity index is 2.42. The van der Waals surface area contributed by atoms with Gasteiger partial charge in [-0.1, -0.05) is 32.9 Å². The molecule has 1 aliphatic carbocycles. The van der Waals surface area contributed by atoms with Crippen LogP contribution in [0.25, 0.3) is 12.2 Å². The standard InChI is InChI=1S/C12H15NS/c1-9(2)12(3)6-4-10-11(5-7-12)14-8-13-10/h4-9H,1-3H3.